The van der Waals surface area contributed by atoms with Gasteiger partial charge in [0.1, 0.15) is 0 Å². The van der Waals surface area contributed by atoms with Crippen LogP contribution in [0.1, 0.15) is 24.5 Å². The second-order valence-corrected chi connectivity index (χ2v) is 4.44. The molecule has 1 aromatic carbocycles. The Morgan fingerprint density at radius 2 is 2.00 bits per heavy atom. The predicted molar refractivity (Wildman–Crippen MR) is 67.1 cm³/mol. The quantitative estimate of drug-likeness (QED) is 0.453. The molecule has 0 aromatic heterocycles. The van der Waals surface area contributed by atoms with E-state index in [0.29, 0.717) is 6.42 Å². The molecule has 16 heavy (non-hydrogen) atoms. The Hall–Kier alpha value is -1.29. The molecule has 0 saturated carbocycles. The van der Waals surface area contributed by atoms with Gasteiger partial charge in [-0.25, -0.2) is 0 Å². The molecule has 0 aliphatic heterocycles. The normalized spacial score (nSPS) is 11.6. The van der Waals surface area contributed by atoms with Crippen LogP contribution in [0.3, 0.4) is 0 Å². The fourth-order valence-electron chi connectivity index (χ4n) is 1.37. The van der Waals surface area contributed by atoms with E-state index in [1.807, 2.05) is 32.0 Å². The number of benzene rings is 1. The molecule has 0 unspecified atom stereocenters. The smallest absolute Gasteiger partial charge is 0.252 e. The second kappa shape index (κ2) is 5.70. The van der Waals surface area contributed by atoms with Crippen molar-refractivity contribution in [2.24, 2.45) is 0 Å². The molecule has 86 valence electrons. The molecular weight excluding hydrogens is 222 g/mol. The van der Waals surface area contributed by atoms with E-state index in [1.54, 1.807) is 12.3 Å². The van der Waals surface area contributed by atoms with Crippen LogP contribution in [0.5, 0.6) is 0 Å². The maximum atomic E-state index is 10.6. The summed E-state index contributed by atoms with van der Waals surface area (Å²) in [4.78, 5) is 11.4. The Morgan fingerprint density at radius 3 is 2.44 bits per heavy atom. The lowest BCUT2D eigenvalue weighted by Gasteiger charge is -2.05. The summed E-state index contributed by atoms with van der Waals surface area (Å²) in [5.74, 6) is 0. The van der Waals surface area contributed by atoms with Gasteiger partial charge < -0.3 is 0 Å². The van der Waals surface area contributed by atoms with Crippen LogP contribution in [0.25, 0.3) is 0 Å². The minimum atomic E-state index is -0.319. The van der Waals surface area contributed by atoms with Gasteiger partial charge in [-0.15, -0.1) is 0 Å². The summed E-state index contributed by atoms with van der Waals surface area (Å²) in [6, 6.07) is 6.02. The van der Waals surface area contributed by atoms with Crippen molar-refractivity contribution >= 4 is 11.8 Å². The van der Waals surface area contributed by atoms with Gasteiger partial charge in [0.15, 0.2) is 0 Å². The van der Waals surface area contributed by atoms with Crippen molar-refractivity contribution in [3.8, 4) is 0 Å². The van der Waals surface area contributed by atoms with Gasteiger partial charge in [-0.3, -0.25) is 10.1 Å². The summed E-state index contributed by atoms with van der Waals surface area (Å²) in [6.07, 6.45) is 0.449. The second-order valence-electron chi connectivity index (χ2n) is 3.56. The molecule has 0 aliphatic rings. The summed E-state index contributed by atoms with van der Waals surface area (Å²) < 4.78 is 0. The van der Waals surface area contributed by atoms with Gasteiger partial charge in [0, 0.05) is 16.7 Å². The number of allylic oxidation sites excluding steroid dienone is 1. The van der Waals surface area contributed by atoms with Crippen LogP contribution in [0.2, 0.25) is 0 Å². The number of hydrogen-bond donors (Lipinski definition) is 0. The molecule has 0 N–H and O–H groups in total. The van der Waals surface area contributed by atoms with Crippen molar-refractivity contribution in [1.29, 1.82) is 0 Å². The molecule has 0 saturated heterocycles. The summed E-state index contributed by atoms with van der Waals surface area (Å²) >= 11 is 1.43. The summed E-state index contributed by atoms with van der Waals surface area (Å²) in [5, 5.41) is 12.3. The van der Waals surface area contributed by atoms with Crippen LogP contribution < -0.4 is 0 Å². The van der Waals surface area contributed by atoms with Crippen molar-refractivity contribution in [2.75, 3.05) is 0 Å². The van der Waals surface area contributed by atoms with E-state index in [1.165, 1.54) is 11.8 Å². The number of nitrogens with zero attached hydrogens (tertiary/aromatic N) is 1. The molecule has 0 amide bonds. The van der Waals surface area contributed by atoms with Gasteiger partial charge >= 0.3 is 0 Å². The molecule has 3 nitrogen and oxygen atoms in total. The van der Waals surface area contributed by atoms with Gasteiger partial charge in [0.2, 0.25) is 0 Å². The van der Waals surface area contributed by atoms with E-state index in [9.17, 15) is 10.1 Å². The third kappa shape index (κ3) is 3.10. The third-order valence-electron chi connectivity index (χ3n) is 2.32. The Morgan fingerprint density at radius 1 is 1.44 bits per heavy atom. The Bertz CT molecular complexity index is 407. The summed E-state index contributed by atoms with van der Waals surface area (Å²) in [7, 11) is 0. The molecule has 0 heterocycles. The zero-order valence-electron chi connectivity index (χ0n) is 9.69. The maximum Gasteiger partial charge on any atom is 0.252 e. The first-order valence-electron chi connectivity index (χ1n) is 5.12. The molecule has 4 heteroatoms. The van der Waals surface area contributed by atoms with Crippen LogP contribution in [0.15, 0.2) is 34.2 Å². The molecule has 0 radical (unpaired) electrons. The van der Waals surface area contributed by atoms with E-state index < -0.39 is 0 Å². The van der Waals surface area contributed by atoms with Crippen LogP contribution in [0, 0.1) is 24.0 Å². The minimum absolute atomic E-state index is 0.257. The minimum Gasteiger partial charge on any atom is -0.259 e. The first kappa shape index (κ1) is 12.8. The zero-order valence-corrected chi connectivity index (χ0v) is 10.5. The molecule has 1 aromatic rings. The average molecular weight is 237 g/mol. The lowest BCUT2D eigenvalue weighted by molar-refractivity contribution is -0.427. The Kier molecular flexibility index (Phi) is 4.55. The number of thioether (sulfide) groups is 1. The van der Waals surface area contributed by atoms with Gasteiger partial charge in [-0.05, 0) is 25.0 Å². The van der Waals surface area contributed by atoms with Gasteiger partial charge in [0.25, 0.3) is 5.70 Å². The van der Waals surface area contributed by atoms with Crippen molar-refractivity contribution < 1.29 is 4.92 Å². The van der Waals surface area contributed by atoms with E-state index in [4.69, 9.17) is 0 Å². The predicted octanol–water partition coefficient (Wildman–Crippen LogP) is 3.92. The van der Waals surface area contributed by atoms with Crippen molar-refractivity contribution in [1.82, 2.24) is 0 Å². The Balaban J connectivity index is 2.93. The summed E-state index contributed by atoms with van der Waals surface area (Å²) in [5.41, 5.74) is 2.56. The lowest BCUT2D eigenvalue weighted by atomic mass is 10.2. The molecule has 0 atom stereocenters. The highest BCUT2D eigenvalue weighted by molar-refractivity contribution is 8.02. The highest BCUT2D eigenvalue weighted by Crippen LogP contribution is 2.28. The standard InChI is InChI=1S/C12H15NO2S/c1-4-11(13(14)15)8-16-12-9(2)6-5-7-10(12)3/h5-8H,4H2,1-3H3. The zero-order chi connectivity index (χ0) is 12.1. The number of nitro groups is 1. The van der Waals surface area contributed by atoms with Crippen molar-refractivity contribution in [3.63, 3.8) is 0 Å². The molecule has 1 rings (SSSR count). The Labute approximate surface area is 99.7 Å². The third-order valence-corrected chi connectivity index (χ3v) is 3.59. The van der Waals surface area contributed by atoms with Gasteiger partial charge in [0.05, 0.1) is 4.92 Å². The van der Waals surface area contributed by atoms with E-state index in [2.05, 4.69) is 0 Å². The van der Waals surface area contributed by atoms with Crippen molar-refractivity contribution in [2.45, 2.75) is 32.1 Å². The van der Waals surface area contributed by atoms with Crippen LogP contribution in [-0.2, 0) is 0 Å². The first-order chi connectivity index (χ1) is 7.56. The molecule has 0 aliphatic carbocycles. The highest BCUT2D eigenvalue weighted by atomic mass is 32.2. The summed E-state index contributed by atoms with van der Waals surface area (Å²) in [6.45, 7) is 5.82. The maximum absolute atomic E-state index is 10.6. The SMILES string of the molecule is CCC(=CSc1c(C)cccc1C)[N+](=O)[O-]. The fraction of sp³-hybridized carbons (Fsp3) is 0.333. The van der Waals surface area contributed by atoms with Crippen LogP contribution >= 0.6 is 11.8 Å². The van der Waals surface area contributed by atoms with Gasteiger partial charge in [-0.1, -0.05) is 36.9 Å². The molecular formula is C12H15NO2S. The highest BCUT2D eigenvalue weighted by Gasteiger charge is 2.08. The number of aryl methyl sites for hydroxylation is 2. The molecule has 0 bridgehead atoms. The average Bonchev–Trinajstić information content (AvgIpc) is 2.22. The fourth-order valence-corrected chi connectivity index (χ4v) is 2.38. The molecule has 0 fully saturated rings. The number of hydrogen-bond acceptors (Lipinski definition) is 3. The number of rotatable bonds is 4. The largest absolute Gasteiger partial charge is 0.259 e. The van der Waals surface area contributed by atoms with Crippen LogP contribution in [-0.4, -0.2) is 4.92 Å². The lowest BCUT2D eigenvalue weighted by Crippen LogP contribution is -1.96. The topological polar surface area (TPSA) is 43.1 Å². The van der Waals surface area contributed by atoms with Crippen LogP contribution in [0.4, 0.5) is 0 Å². The molecule has 0 spiro atoms. The van der Waals surface area contributed by atoms with Gasteiger partial charge in [-0.2, -0.15) is 0 Å². The van der Waals surface area contributed by atoms with Crippen molar-refractivity contribution in [3.05, 3.63) is 50.5 Å². The monoisotopic (exact) mass is 237 g/mol. The first-order valence-corrected chi connectivity index (χ1v) is 6.00. The van der Waals surface area contributed by atoms with E-state index >= 15 is 0 Å². The van der Waals surface area contributed by atoms with E-state index in [0.717, 1.165) is 16.0 Å². The van der Waals surface area contributed by atoms with E-state index in [-0.39, 0.29) is 10.6 Å².